The van der Waals surface area contributed by atoms with E-state index in [-0.39, 0.29) is 17.5 Å². The van der Waals surface area contributed by atoms with E-state index < -0.39 is 0 Å². The standard InChI is InChI=1S/C21H21N3O2/c1-15-6-8-16(9-7-15)13-19(18-5-3-4-11-22-18)23-21(26)17-10-12-24(2)20(25)14-17/h3-12,14,19H,13H2,1-2H3,(H,23,26)/t19-/m1/s1. The summed E-state index contributed by atoms with van der Waals surface area (Å²) in [7, 11) is 1.65. The molecule has 2 aromatic heterocycles. The van der Waals surface area contributed by atoms with Crippen molar-refractivity contribution in [3.63, 3.8) is 0 Å². The summed E-state index contributed by atoms with van der Waals surface area (Å²) in [4.78, 5) is 28.8. The summed E-state index contributed by atoms with van der Waals surface area (Å²) in [6.45, 7) is 2.04. The second kappa shape index (κ2) is 7.78. The largest absolute Gasteiger partial charge is 0.343 e. The van der Waals surface area contributed by atoms with Crippen molar-refractivity contribution in [2.75, 3.05) is 0 Å². The second-order valence-corrected chi connectivity index (χ2v) is 6.33. The molecular formula is C21H21N3O2. The van der Waals surface area contributed by atoms with Crippen LogP contribution >= 0.6 is 0 Å². The zero-order chi connectivity index (χ0) is 18.5. The number of rotatable bonds is 5. The summed E-state index contributed by atoms with van der Waals surface area (Å²) in [5.74, 6) is -0.287. The zero-order valence-electron chi connectivity index (χ0n) is 14.8. The van der Waals surface area contributed by atoms with Gasteiger partial charge < -0.3 is 9.88 Å². The highest BCUT2D eigenvalue weighted by atomic mass is 16.2. The highest BCUT2D eigenvalue weighted by Crippen LogP contribution is 2.17. The van der Waals surface area contributed by atoms with Crippen molar-refractivity contribution >= 4 is 5.91 Å². The van der Waals surface area contributed by atoms with Gasteiger partial charge in [0.2, 0.25) is 0 Å². The van der Waals surface area contributed by atoms with Gasteiger partial charge >= 0.3 is 0 Å². The number of aromatic nitrogens is 2. The highest BCUT2D eigenvalue weighted by Gasteiger charge is 2.18. The molecule has 0 spiro atoms. The molecule has 0 bridgehead atoms. The van der Waals surface area contributed by atoms with Gasteiger partial charge in [0, 0.05) is 31.1 Å². The van der Waals surface area contributed by atoms with E-state index in [2.05, 4.69) is 22.4 Å². The van der Waals surface area contributed by atoms with Crippen LogP contribution in [-0.4, -0.2) is 15.5 Å². The first-order valence-corrected chi connectivity index (χ1v) is 8.47. The van der Waals surface area contributed by atoms with Crippen molar-refractivity contribution in [1.29, 1.82) is 0 Å². The second-order valence-electron chi connectivity index (χ2n) is 6.33. The predicted octanol–water partition coefficient (Wildman–Crippen LogP) is 2.80. The molecule has 26 heavy (non-hydrogen) atoms. The van der Waals surface area contributed by atoms with Crippen LogP contribution in [0.1, 0.15) is 33.2 Å². The molecular weight excluding hydrogens is 326 g/mol. The third-order valence-corrected chi connectivity index (χ3v) is 4.28. The molecule has 0 radical (unpaired) electrons. The molecule has 2 heterocycles. The van der Waals surface area contributed by atoms with Gasteiger partial charge in [0.05, 0.1) is 11.7 Å². The molecule has 132 valence electrons. The van der Waals surface area contributed by atoms with Crippen molar-refractivity contribution in [1.82, 2.24) is 14.9 Å². The molecule has 5 heteroatoms. The van der Waals surface area contributed by atoms with Crippen LogP contribution in [-0.2, 0) is 13.5 Å². The number of pyridine rings is 2. The predicted molar refractivity (Wildman–Crippen MR) is 101 cm³/mol. The van der Waals surface area contributed by atoms with Crippen molar-refractivity contribution in [2.24, 2.45) is 7.05 Å². The Bertz CT molecular complexity index is 947. The van der Waals surface area contributed by atoms with E-state index in [0.29, 0.717) is 12.0 Å². The number of carbonyl (C=O) groups excluding carboxylic acids is 1. The lowest BCUT2D eigenvalue weighted by molar-refractivity contribution is 0.0935. The van der Waals surface area contributed by atoms with Crippen LogP contribution in [0.5, 0.6) is 0 Å². The SMILES string of the molecule is Cc1ccc(C[C@@H](NC(=O)c2ccn(C)c(=O)c2)c2ccccn2)cc1. The van der Waals surface area contributed by atoms with E-state index in [4.69, 9.17) is 0 Å². The van der Waals surface area contributed by atoms with Crippen molar-refractivity contribution in [3.8, 4) is 0 Å². The van der Waals surface area contributed by atoms with Gasteiger partial charge in [0.1, 0.15) is 0 Å². The number of nitrogens with zero attached hydrogens (tertiary/aromatic N) is 2. The normalized spacial score (nSPS) is 11.8. The maximum Gasteiger partial charge on any atom is 0.252 e. The summed E-state index contributed by atoms with van der Waals surface area (Å²) < 4.78 is 1.43. The number of amides is 1. The molecule has 0 aliphatic carbocycles. The summed E-state index contributed by atoms with van der Waals surface area (Å²) in [5.41, 5.74) is 3.21. The summed E-state index contributed by atoms with van der Waals surface area (Å²) in [6, 6.07) is 16.5. The van der Waals surface area contributed by atoms with Gasteiger partial charge in [0.25, 0.3) is 11.5 Å². The maximum atomic E-state index is 12.6. The van der Waals surface area contributed by atoms with Gasteiger partial charge in [-0.15, -0.1) is 0 Å². The Morgan fingerprint density at radius 2 is 1.92 bits per heavy atom. The van der Waals surface area contributed by atoms with Gasteiger partial charge in [0.15, 0.2) is 0 Å². The van der Waals surface area contributed by atoms with Crippen LogP contribution in [0.25, 0.3) is 0 Å². The van der Waals surface area contributed by atoms with Crippen molar-refractivity contribution < 1.29 is 4.79 Å². The Morgan fingerprint density at radius 3 is 2.58 bits per heavy atom. The van der Waals surface area contributed by atoms with E-state index in [9.17, 15) is 9.59 Å². The molecule has 0 saturated carbocycles. The third-order valence-electron chi connectivity index (χ3n) is 4.28. The number of hydrogen-bond donors (Lipinski definition) is 1. The molecule has 1 amide bonds. The van der Waals surface area contributed by atoms with E-state index in [1.807, 2.05) is 37.3 Å². The number of hydrogen-bond acceptors (Lipinski definition) is 3. The monoisotopic (exact) mass is 347 g/mol. The molecule has 5 nitrogen and oxygen atoms in total. The Kier molecular flexibility index (Phi) is 5.27. The van der Waals surface area contributed by atoms with Crippen LogP contribution in [0.3, 0.4) is 0 Å². The summed E-state index contributed by atoms with van der Waals surface area (Å²) in [6.07, 6.45) is 3.92. The summed E-state index contributed by atoms with van der Waals surface area (Å²) in [5, 5.41) is 3.01. The molecule has 0 aliphatic rings. The van der Waals surface area contributed by atoms with Gasteiger partial charge in [-0.2, -0.15) is 0 Å². The highest BCUT2D eigenvalue weighted by molar-refractivity contribution is 5.94. The molecule has 0 saturated heterocycles. The zero-order valence-corrected chi connectivity index (χ0v) is 14.8. The van der Waals surface area contributed by atoms with E-state index >= 15 is 0 Å². The number of aryl methyl sites for hydroxylation is 2. The fourth-order valence-electron chi connectivity index (χ4n) is 2.70. The fourth-order valence-corrected chi connectivity index (χ4v) is 2.70. The van der Waals surface area contributed by atoms with E-state index in [1.165, 1.54) is 16.2 Å². The number of benzene rings is 1. The van der Waals surface area contributed by atoms with E-state index in [1.54, 1.807) is 25.5 Å². The minimum absolute atomic E-state index is 0.217. The Hall–Kier alpha value is -3.21. The molecule has 1 N–H and O–H groups in total. The summed E-state index contributed by atoms with van der Waals surface area (Å²) >= 11 is 0. The smallest absolute Gasteiger partial charge is 0.252 e. The third kappa shape index (κ3) is 4.25. The molecule has 3 rings (SSSR count). The van der Waals surface area contributed by atoms with Gasteiger partial charge in [-0.05, 0) is 37.1 Å². The molecule has 1 atom stereocenters. The van der Waals surface area contributed by atoms with Gasteiger partial charge in [-0.3, -0.25) is 14.6 Å². The Morgan fingerprint density at radius 1 is 1.15 bits per heavy atom. The lowest BCUT2D eigenvalue weighted by atomic mass is 10.0. The quantitative estimate of drug-likeness (QED) is 0.772. The number of nitrogens with one attached hydrogen (secondary N) is 1. The van der Waals surface area contributed by atoms with Crippen LogP contribution in [0.2, 0.25) is 0 Å². The van der Waals surface area contributed by atoms with Crippen LogP contribution < -0.4 is 10.9 Å². The molecule has 3 aromatic rings. The first-order chi connectivity index (χ1) is 12.5. The van der Waals surface area contributed by atoms with E-state index in [0.717, 1.165) is 11.3 Å². The topological polar surface area (TPSA) is 64.0 Å². The number of carbonyl (C=O) groups is 1. The van der Waals surface area contributed by atoms with Crippen molar-refractivity contribution in [2.45, 2.75) is 19.4 Å². The average Bonchev–Trinajstić information content (AvgIpc) is 2.66. The van der Waals surface area contributed by atoms with Crippen LogP contribution in [0.15, 0.2) is 71.8 Å². The minimum Gasteiger partial charge on any atom is -0.343 e. The first-order valence-electron chi connectivity index (χ1n) is 8.47. The fraction of sp³-hybridized carbons (Fsp3) is 0.190. The van der Waals surface area contributed by atoms with Gasteiger partial charge in [-0.1, -0.05) is 35.9 Å². The molecule has 0 unspecified atom stereocenters. The molecule has 0 fully saturated rings. The Balaban J connectivity index is 1.85. The lowest BCUT2D eigenvalue weighted by Crippen LogP contribution is -2.31. The maximum absolute atomic E-state index is 12.6. The Labute approximate surface area is 152 Å². The van der Waals surface area contributed by atoms with Crippen LogP contribution in [0.4, 0.5) is 0 Å². The average molecular weight is 347 g/mol. The van der Waals surface area contributed by atoms with Crippen LogP contribution in [0, 0.1) is 6.92 Å². The molecule has 1 aromatic carbocycles. The lowest BCUT2D eigenvalue weighted by Gasteiger charge is -2.19. The van der Waals surface area contributed by atoms with Gasteiger partial charge in [-0.25, -0.2) is 0 Å². The first kappa shape index (κ1) is 17.6. The minimum atomic E-state index is -0.287. The molecule has 0 aliphatic heterocycles. The van der Waals surface area contributed by atoms with Crippen molar-refractivity contribution in [3.05, 3.63) is 99.7 Å².